The zero-order valence-electron chi connectivity index (χ0n) is 23.3. The molecule has 3 heterocycles. The number of sulfonamides is 1. The second kappa shape index (κ2) is 12.3. The first-order chi connectivity index (χ1) is 19.5. The summed E-state index contributed by atoms with van der Waals surface area (Å²) in [6.07, 6.45) is 5.99. The largest absolute Gasteiger partial charge is 0.465 e. The van der Waals surface area contributed by atoms with E-state index in [-0.39, 0.29) is 23.8 Å². The van der Waals surface area contributed by atoms with Gasteiger partial charge in [-0.15, -0.1) is 0 Å². The fraction of sp³-hybridized carbons (Fsp3) is 0.607. The fourth-order valence-corrected chi connectivity index (χ4v) is 7.95. The summed E-state index contributed by atoms with van der Waals surface area (Å²) in [5.74, 6) is 1.78. The van der Waals surface area contributed by atoms with Crippen LogP contribution in [0.5, 0.6) is 0 Å². The van der Waals surface area contributed by atoms with Crippen LogP contribution in [0, 0.1) is 23.7 Å². The molecule has 1 aromatic heterocycles. The number of halogens is 1. The number of hydrogen-bond donors (Lipinski definition) is 4. The number of aromatic amines is 1. The molecule has 0 bridgehead atoms. The number of likely N-dealkylation sites (tertiary alicyclic amines) is 1. The van der Waals surface area contributed by atoms with Crippen LogP contribution >= 0.6 is 11.6 Å². The predicted octanol–water partition coefficient (Wildman–Crippen LogP) is 4.15. The maximum absolute atomic E-state index is 14.0. The maximum atomic E-state index is 14.0. The highest BCUT2D eigenvalue weighted by atomic mass is 35.5. The molecule has 1 aromatic carbocycles. The van der Waals surface area contributed by atoms with Crippen molar-refractivity contribution >= 4 is 39.3 Å². The average Bonchev–Trinajstić information content (AvgIpc) is 3.56. The Bertz CT molecular complexity index is 1350. The molecule has 2 amide bonds. The first kappa shape index (κ1) is 29.8. The summed E-state index contributed by atoms with van der Waals surface area (Å²) < 4.78 is 25.6. The third kappa shape index (κ3) is 6.71. The first-order valence-corrected chi connectivity index (χ1v) is 16.6. The molecule has 1 aliphatic carbocycles. The van der Waals surface area contributed by atoms with Crippen molar-refractivity contribution in [3.05, 3.63) is 35.2 Å². The quantitative estimate of drug-likeness (QED) is 0.368. The number of carboxylic acid groups (broad SMARTS) is 1. The number of H-pyrrole nitrogens is 1. The van der Waals surface area contributed by atoms with E-state index in [4.69, 9.17) is 22.4 Å². The zero-order valence-corrected chi connectivity index (χ0v) is 24.8. The normalized spacial score (nSPS) is 26.3. The molecule has 41 heavy (non-hydrogen) atoms. The van der Waals surface area contributed by atoms with Crippen LogP contribution in [0.1, 0.15) is 56.8 Å². The van der Waals surface area contributed by atoms with E-state index in [1.807, 2.05) is 4.90 Å². The zero-order chi connectivity index (χ0) is 29.3. The Kier molecular flexibility index (Phi) is 8.93. The summed E-state index contributed by atoms with van der Waals surface area (Å²) in [6.45, 7) is 2.28. The summed E-state index contributed by atoms with van der Waals surface area (Å²) in [5.41, 5.74) is 7.70. The van der Waals surface area contributed by atoms with Crippen molar-refractivity contribution < 1.29 is 23.1 Å². The molecule has 5 rings (SSSR count). The van der Waals surface area contributed by atoms with Crippen LogP contribution in [0.2, 0.25) is 5.15 Å². The Hall–Kier alpha value is -2.67. The highest BCUT2D eigenvalue weighted by Gasteiger charge is 2.44. The van der Waals surface area contributed by atoms with Crippen molar-refractivity contribution in [1.29, 1.82) is 0 Å². The van der Waals surface area contributed by atoms with Gasteiger partial charge in [0.05, 0.1) is 18.0 Å². The molecule has 0 unspecified atom stereocenters. The molecule has 2 saturated heterocycles. The minimum atomic E-state index is -3.21. The number of nitrogens with zero attached hydrogens (tertiary/aromatic N) is 3. The van der Waals surface area contributed by atoms with Crippen LogP contribution in [-0.2, 0) is 14.8 Å². The van der Waals surface area contributed by atoms with Crippen molar-refractivity contribution in [3.63, 3.8) is 0 Å². The SMILES string of the molecule is CS(=O)(=O)N1CCC([C@H]2C[C@@H](c3nc(Cl)c(-c4ccc(NC(=O)O)cc4)[nH]3)N(C(=O)C3CCC(CN)CC3)C2)CC1. The second-order valence-electron chi connectivity index (χ2n) is 11.8. The minimum absolute atomic E-state index is 0.0367. The van der Waals surface area contributed by atoms with Gasteiger partial charge in [0.25, 0.3) is 0 Å². The fourth-order valence-electron chi connectivity index (χ4n) is 6.83. The van der Waals surface area contributed by atoms with Crippen LogP contribution in [0.15, 0.2) is 24.3 Å². The number of rotatable bonds is 7. The summed E-state index contributed by atoms with van der Waals surface area (Å²) in [4.78, 5) is 34.9. The molecule has 2 atom stereocenters. The molecule has 3 fully saturated rings. The van der Waals surface area contributed by atoms with Crippen molar-refractivity contribution in [2.75, 3.05) is 37.8 Å². The van der Waals surface area contributed by atoms with Crippen LogP contribution in [-0.4, -0.2) is 77.1 Å². The average molecular weight is 607 g/mol. The van der Waals surface area contributed by atoms with Gasteiger partial charge in [-0.05, 0) is 81.4 Å². The second-order valence-corrected chi connectivity index (χ2v) is 14.1. The minimum Gasteiger partial charge on any atom is -0.465 e. The first-order valence-electron chi connectivity index (χ1n) is 14.3. The van der Waals surface area contributed by atoms with Crippen LogP contribution in [0.3, 0.4) is 0 Å². The van der Waals surface area contributed by atoms with Crippen molar-refractivity contribution in [1.82, 2.24) is 19.2 Å². The molecular formula is C28H39ClN6O5S. The monoisotopic (exact) mass is 606 g/mol. The number of anilines is 1. The number of imidazole rings is 1. The molecule has 5 N–H and O–H groups in total. The Morgan fingerprint density at radius 2 is 1.76 bits per heavy atom. The van der Waals surface area contributed by atoms with Gasteiger partial charge in [-0.3, -0.25) is 10.1 Å². The van der Waals surface area contributed by atoms with Crippen LogP contribution in [0.4, 0.5) is 10.5 Å². The number of aromatic nitrogens is 2. The number of hydrogen-bond acceptors (Lipinski definition) is 6. The Morgan fingerprint density at radius 1 is 1.10 bits per heavy atom. The molecule has 2 aliphatic heterocycles. The van der Waals surface area contributed by atoms with Gasteiger partial charge in [0.15, 0.2) is 5.15 Å². The smallest absolute Gasteiger partial charge is 0.409 e. The van der Waals surface area contributed by atoms with Crippen molar-refractivity contribution in [2.45, 2.75) is 51.0 Å². The third-order valence-electron chi connectivity index (χ3n) is 9.20. The molecule has 0 spiro atoms. The number of carbonyl (C=O) groups is 2. The Labute approximate surface area is 245 Å². The van der Waals surface area contributed by atoms with E-state index in [9.17, 15) is 18.0 Å². The highest BCUT2D eigenvalue weighted by Crippen LogP contribution is 2.44. The molecule has 2 aromatic rings. The van der Waals surface area contributed by atoms with E-state index in [0.29, 0.717) is 60.4 Å². The van der Waals surface area contributed by atoms with Crippen LogP contribution in [0.25, 0.3) is 11.3 Å². The van der Waals surface area contributed by atoms with Gasteiger partial charge < -0.3 is 20.7 Å². The lowest BCUT2D eigenvalue weighted by molar-refractivity contribution is -0.138. The van der Waals surface area contributed by atoms with Gasteiger partial charge in [-0.1, -0.05) is 23.7 Å². The van der Waals surface area contributed by atoms with E-state index < -0.39 is 16.1 Å². The molecule has 11 nitrogen and oxygen atoms in total. The van der Waals surface area contributed by atoms with Gasteiger partial charge in [0.1, 0.15) is 5.82 Å². The number of amides is 2. The molecule has 224 valence electrons. The summed E-state index contributed by atoms with van der Waals surface area (Å²) in [6, 6.07) is 6.58. The van der Waals surface area contributed by atoms with E-state index in [0.717, 1.165) is 50.5 Å². The summed E-state index contributed by atoms with van der Waals surface area (Å²) in [5, 5.41) is 11.6. The number of nitrogens with one attached hydrogen (secondary N) is 2. The van der Waals surface area contributed by atoms with Crippen molar-refractivity contribution in [3.8, 4) is 11.3 Å². The van der Waals surface area contributed by atoms with E-state index in [1.165, 1.54) is 6.26 Å². The van der Waals surface area contributed by atoms with Gasteiger partial charge in [0.2, 0.25) is 15.9 Å². The molecule has 13 heteroatoms. The summed E-state index contributed by atoms with van der Waals surface area (Å²) >= 11 is 6.60. The molecular weight excluding hydrogens is 568 g/mol. The standard InChI is InChI=1S/C28H39ClN6O5S/c1-41(39,40)34-12-10-18(11-13-34)21-14-23(35(16-21)27(36)20-4-2-17(15-30)3-5-20)26-32-24(25(29)33-26)19-6-8-22(9-7-19)31-28(37)38/h6-9,17-18,20-21,23,31H,2-5,10-16,30H2,1H3,(H,32,33)(H,37,38)/t17?,20?,21-,23-/m0/s1. The van der Waals surface area contributed by atoms with Gasteiger partial charge >= 0.3 is 6.09 Å². The van der Waals surface area contributed by atoms with Crippen molar-refractivity contribution in [2.24, 2.45) is 29.4 Å². The maximum Gasteiger partial charge on any atom is 0.409 e. The molecule has 3 aliphatic rings. The van der Waals surface area contributed by atoms with E-state index >= 15 is 0 Å². The predicted molar refractivity (Wildman–Crippen MR) is 157 cm³/mol. The van der Waals surface area contributed by atoms with Gasteiger partial charge in [-0.2, -0.15) is 0 Å². The lowest BCUT2D eigenvalue weighted by Gasteiger charge is -2.34. The number of nitrogens with two attached hydrogens (primary N) is 1. The number of carbonyl (C=O) groups excluding carboxylic acids is 1. The highest BCUT2D eigenvalue weighted by molar-refractivity contribution is 7.88. The topological polar surface area (TPSA) is 162 Å². The lowest BCUT2D eigenvalue weighted by Crippen LogP contribution is -2.41. The summed E-state index contributed by atoms with van der Waals surface area (Å²) in [7, 11) is -3.21. The van der Waals surface area contributed by atoms with Gasteiger partial charge in [-0.25, -0.2) is 22.5 Å². The molecule has 0 radical (unpaired) electrons. The van der Waals surface area contributed by atoms with E-state index in [1.54, 1.807) is 28.6 Å². The van der Waals surface area contributed by atoms with Crippen LogP contribution < -0.4 is 11.1 Å². The number of benzene rings is 1. The molecule has 1 saturated carbocycles. The Morgan fingerprint density at radius 3 is 2.34 bits per heavy atom. The van der Waals surface area contributed by atoms with E-state index in [2.05, 4.69) is 15.3 Å². The lowest BCUT2D eigenvalue weighted by atomic mass is 9.81. The number of piperidine rings is 1. The van der Waals surface area contributed by atoms with Gasteiger partial charge in [0, 0.05) is 36.8 Å². The Balaban J connectivity index is 1.37. The third-order valence-corrected chi connectivity index (χ3v) is 10.8.